The third-order valence-corrected chi connectivity index (χ3v) is 5.64. The quantitative estimate of drug-likeness (QED) is 0.848. The second kappa shape index (κ2) is 5.88. The summed E-state index contributed by atoms with van der Waals surface area (Å²) in [5.41, 5.74) is 8.03. The largest absolute Gasteiger partial charge is 0.325 e. The van der Waals surface area contributed by atoms with Crippen LogP contribution in [0.25, 0.3) is 0 Å². The normalized spacial score (nSPS) is 26.6. The summed E-state index contributed by atoms with van der Waals surface area (Å²) in [4.78, 5) is 1.32. The molecule has 0 radical (unpaired) electrons. The molecule has 0 bridgehead atoms. The molecule has 1 saturated carbocycles. The van der Waals surface area contributed by atoms with E-state index in [0.717, 1.165) is 23.6 Å². The fourth-order valence-corrected chi connectivity index (χ4v) is 4.46. The summed E-state index contributed by atoms with van der Waals surface area (Å²) in [7, 11) is 0. The minimum atomic E-state index is -0.0422. The number of hydrogen-bond donors (Lipinski definition) is 1. The van der Waals surface area contributed by atoms with Gasteiger partial charge in [0.15, 0.2) is 0 Å². The highest BCUT2D eigenvalue weighted by Gasteiger charge is 2.32. The van der Waals surface area contributed by atoms with E-state index >= 15 is 0 Å². The fraction of sp³-hybridized carbons (Fsp3) is 0.412. The third kappa shape index (κ3) is 3.25. The average Bonchev–Trinajstić information content (AvgIpc) is 2.85. The van der Waals surface area contributed by atoms with E-state index < -0.39 is 0 Å². The number of benzene rings is 1. The number of hydrogen-bond acceptors (Lipinski definition) is 2. The Balaban J connectivity index is 1.62. The van der Waals surface area contributed by atoms with E-state index in [9.17, 15) is 0 Å². The smallest absolute Gasteiger partial charge is 0.0931 e. The zero-order chi connectivity index (χ0) is 14.0. The minimum absolute atomic E-state index is 0.0422. The highest BCUT2D eigenvalue weighted by atomic mass is 35.5. The molecule has 1 heterocycles. The molecule has 0 unspecified atom stereocenters. The van der Waals surface area contributed by atoms with Crippen LogP contribution in [-0.4, -0.2) is 5.54 Å². The predicted octanol–water partition coefficient (Wildman–Crippen LogP) is 5.00. The molecule has 0 atom stereocenters. The summed E-state index contributed by atoms with van der Waals surface area (Å²) < 4.78 is 0.863. The first kappa shape index (κ1) is 14.1. The van der Waals surface area contributed by atoms with Crippen LogP contribution in [0.3, 0.4) is 0 Å². The Morgan fingerprint density at radius 3 is 2.40 bits per heavy atom. The molecule has 1 fully saturated rings. The van der Waals surface area contributed by atoms with Gasteiger partial charge in [0.2, 0.25) is 0 Å². The summed E-state index contributed by atoms with van der Waals surface area (Å²) in [6, 6.07) is 14.9. The molecule has 0 saturated heterocycles. The molecular formula is C17H20ClNS. The lowest BCUT2D eigenvalue weighted by Gasteiger charge is -2.37. The molecule has 1 aliphatic carbocycles. The van der Waals surface area contributed by atoms with Crippen molar-refractivity contribution >= 4 is 22.9 Å². The van der Waals surface area contributed by atoms with Gasteiger partial charge < -0.3 is 5.73 Å². The molecule has 1 nitrogen and oxygen atoms in total. The van der Waals surface area contributed by atoms with Crippen molar-refractivity contribution < 1.29 is 0 Å². The predicted molar refractivity (Wildman–Crippen MR) is 87.6 cm³/mol. The van der Waals surface area contributed by atoms with Crippen LogP contribution in [-0.2, 0) is 6.42 Å². The third-order valence-electron chi connectivity index (χ3n) is 4.41. The van der Waals surface area contributed by atoms with Gasteiger partial charge in [-0.1, -0.05) is 41.9 Å². The Labute approximate surface area is 129 Å². The van der Waals surface area contributed by atoms with Crippen molar-refractivity contribution in [3.8, 4) is 0 Å². The zero-order valence-electron chi connectivity index (χ0n) is 11.5. The van der Waals surface area contributed by atoms with Gasteiger partial charge in [-0.3, -0.25) is 0 Å². The van der Waals surface area contributed by atoms with E-state index in [1.807, 2.05) is 6.07 Å². The Kier molecular flexibility index (Phi) is 4.16. The molecule has 3 heteroatoms. The first-order chi connectivity index (χ1) is 9.65. The minimum Gasteiger partial charge on any atom is -0.325 e. The van der Waals surface area contributed by atoms with Crippen LogP contribution in [0.2, 0.25) is 4.34 Å². The van der Waals surface area contributed by atoms with Crippen LogP contribution in [0.1, 0.15) is 42.0 Å². The second-order valence-electron chi connectivity index (χ2n) is 5.93. The Morgan fingerprint density at radius 2 is 1.80 bits per heavy atom. The van der Waals surface area contributed by atoms with Gasteiger partial charge in [-0.25, -0.2) is 0 Å². The van der Waals surface area contributed by atoms with Crippen LogP contribution in [0.5, 0.6) is 0 Å². The summed E-state index contributed by atoms with van der Waals surface area (Å²) in [6.07, 6.45) is 5.55. The topological polar surface area (TPSA) is 26.0 Å². The van der Waals surface area contributed by atoms with E-state index in [0.29, 0.717) is 5.92 Å². The summed E-state index contributed by atoms with van der Waals surface area (Å²) >= 11 is 7.67. The van der Waals surface area contributed by atoms with Crippen LogP contribution in [0.15, 0.2) is 42.5 Å². The molecule has 3 rings (SSSR count). The molecule has 2 aromatic rings. The van der Waals surface area contributed by atoms with Crippen molar-refractivity contribution in [1.29, 1.82) is 0 Å². The maximum absolute atomic E-state index is 6.60. The maximum Gasteiger partial charge on any atom is 0.0931 e. The van der Waals surface area contributed by atoms with Crippen LogP contribution in [0, 0.1) is 0 Å². The lowest BCUT2D eigenvalue weighted by atomic mass is 9.73. The monoisotopic (exact) mass is 305 g/mol. The molecule has 2 N–H and O–H groups in total. The highest BCUT2D eigenvalue weighted by Crippen LogP contribution is 2.39. The lowest BCUT2D eigenvalue weighted by molar-refractivity contribution is 0.272. The van der Waals surface area contributed by atoms with Crippen molar-refractivity contribution in [3.63, 3.8) is 0 Å². The van der Waals surface area contributed by atoms with Crippen LogP contribution < -0.4 is 5.73 Å². The Morgan fingerprint density at radius 1 is 1.10 bits per heavy atom. The number of nitrogens with two attached hydrogens (primary N) is 1. The molecule has 106 valence electrons. The van der Waals surface area contributed by atoms with Crippen LogP contribution in [0.4, 0.5) is 0 Å². The van der Waals surface area contributed by atoms with Gasteiger partial charge in [0.25, 0.3) is 0 Å². The number of thiophene rings is 1. The van der Waals surface area contributed by atoms with Crippen molar-refractivity contribution in [2.45, 2.75) is 43.6 Å². The molecule has 20 heavy (non-hydrogen) atoms. The van der Waals surface area contributed by atoms with E-state index in [1.165, 1.54) is 23.3 Å². The molecular weight excluding hydrogens is 286 g/mol. The average molecular weight is 306 g/mol. The summed E-state index contributed by atoms with van der Waals surface area (Å²) in [5.74, 6) is 0.680. The molecule has 0 aliphatic heterocycles. The van der Waals surface area contributed by atoms with Gasteiger partial charge in [-0.15, -0.1) is 11.3 Å². The maximum atomic E-state index is 6.60. The van der Waals surface area contributed by atoms with Gasteiger partial charge in [-0.2, -0.15) is 0 Å². The number of halogens is 1. The van der Waals surface area contributed by atoms with Gasteiger partial charge in [-0.05, 0) is 55.7 Å². The summed E-state index contributed by atoms with van der Waals surface area (Å²) in [5, 5.41) is 0. The summed E-state index contributed by atoms with van der Waals surface area (Å²) in [6.45, 7) is 0. The SMILES string of the molecule is NC1(Cc2ccc(Cl)s2)CCC(c2ccccc2)CC1. The zero-order valence-corrected chi connectivity index (χ0v) is 13.1. The van der Waals surface area contributed by atoms with E-state index in [-0.39, 0.29) is 5.54 Å². The molecule has 0 spiro atoms. The van der Waals surface area contributed by atoms with Gasteiger partial charge in [0.05, 0.1) is 4.34 Å². The van der Waals surface area contributed by atoms with E-state index in [4.69, 9.17) is 17.3 Å². The van der Waals surface area contributed by atoms with Crippen LogP contribution >= 0.6 is 22.9 Å². The fourth-order valence-electron chi connectivity index (χ4n) is 3.22. The Bertz CT molecular complexity index is 555. The molecule has 1 aromatic heterocycles. The highest BCUT2D eigenvalue weighted by molar-refractivity contribution is 7.16. The van der Waals surface area contributed by atoms with Crippen molar-refractivity contribution in [2.75, 3.05) is 0 Å². The lowest BCUT2D eigenvalue weighted by Crippen LogP contribution is -2.44. The van der Waals surface area contributed by atoms with Gasteiger partial charge >= 0.3 is 0 Å². The van der Waals surface area contributed by atoms with Crippen molar-refractivity contribution in [2.24, 2.45) is 5.73 Å². The van der Waals surface area contributed by atoms with Gasteiger partial charge in [0.1, 0.15) is 0 Å². The first-order valence-corrected chi connectivity index (χ1v) is 8.42. The standard InChI is InChI=1S/C17H20ClNS/c18-16-7-6-15(20-16)12-17(19)10-8-14(9-11-17)13-4-2-1-3-5-13/h1-7,14H,8-12,19H2. The first-order valence-electron chi connectivity index (χ1n) is 7.23. The molecule has 1 aromatic carbocycles. The van der Waals surface area contributed by atoms with Crippen molar-refractivity contribution in [3.05, 3.63) is 57.2 Å². The number of rotatable bonds is 3. The van der Waals surface area contributed by atoms with E-state index in [1.54, 1.807) is 11.3 Å². The molecule has 0 amide bonds. The second-order valence-corrected chi connectivity index (χ2v) is 7.73. The van der Waals surface area contributed by atoms with Crippen molar-refractivity contribution in [1.82, 2.24) is 0 Å². The molecule has 1 aliphatic rings. The Hall–Kier alpha value is -0.830. The van der Waals surface area contributed by atoms with E-state index in [2.05, 4.69) is 36.4 Å². The van der Waals surface area contributed by atoms with Gasteiger partial charge in [0, 0.05) is 10.4 Å².